The summed E-state index contributed by atoms with van der Waals surface area (Å²) < 4.78 is 28.5. The molecule has 0 spiro atoms. The first-order valence-corrected chi connectivity index (χ1v) is 8.82. The van der Waals surface area contributed by atoms with Gasteiger partial charge in [-0.05, 0) is 45.2 Å². The van der Waals surface area contributed by atoms with Gasteiger partial charge in [-0.2, -0.15) is 0 Å². The number of furan rings is 1. The molecule has 3 rings (SSSR count). The molecule has 1 amide bonds. The lowest BCUT2D eigenvalue weighted by molar-refractivity contribution is -0.133. The molecule has 0 aliphatic heterocycles. The van der Waals surface area contributed by atoms with Crippen LogP contribution in [-0.2, 0) is 28.9 Å². The second-order valence-electron chi connectivity index (χ2n) is 6.42. The zero-order chi connectivity index (χ0) is 17.5. The van der Waals surface area contributed by atoms with Crippen LogP contribution >= 0.6 is 0 Å². The molecule has 1 atom stereocenters. The summed E-state index contributed by atoms with van der Waals surface area (Å²) in [6, 6.07) is 5.20. The van der Waals surface area contributed by atoms with E-state index >= 15 is 0 Å². The summed E-state index contributed by atoms with van der Waals surface area (Å²) in [7, 11) is 0. The molecule has 8 heteroatoms. The van der Waals surface area contributed by atoms with Crippen molar-refractivity contribution in [3.05, 3.63) is 29.5 Å². The zero-order valence-electron chi connectivity index (χ0n) is 13.5. The van der Waals surface area contributed by atoms with Crippen LogP contribution in [0.5, 0.6) is 0 Å². The number of fused-ring (bicyclic) bond motifs is 3. The molecule has 0 radical (unpaired) electrons. The topological polar surface area (TPSA) is 103 Å². The molecular formula is C16H20N2O5S. The average molecular weight is 352 g/mol. The van der Waals surface area contributed by atoms with Crippen molar-refractivity contribution in [1.29, 1.82) is 0 Å². The highest BCUT2D eigenvalue weighted by Crippen LogP contribution is 2.35. The van der Waals surface area contributed by atoms with Crippen LogP contribution < -0.4 is 9.79 Å². The van der Waals surface area contributed by atoms with E-state index in [0.29, 0.717) is 11.3 Å². The monoisotopic (exact) mass is 352 g/mol. The molecule has 1 heterocycles. The van der Waals surface area contributed by atoms with Crippen molar-refractivity contribution in [3.8, 4) is 0 Å². The predicted molar refractivity (Wildman–Crippen MR) is 90.1 cm³/mol. The van der Waals surface area contributed by atoms with Crippen LogP contribution in [0.3, 0.4) is 0 Å². The second-order valence-corrected chi connectivity index (χ2v) is 7.24. The first kappa shape index (κ1) is 16.9. The van der Waals surface area contributed by atoms with Gasteiger partial charge in [0.05, 0.1) is 5.69 Å². The number of benzene rings is 1. The lowest BCUT2D eigenvalue weighted by Gasteiger charge is -2.34. The maximum atomic E-state index is 11.9. The van der Waals surface area contributed by atoms with Gasteiger partial charge in [-0.3, -0.25) is 18.9 Å². The van der Waals surface area contributed by atoms with E-state index in [1.54, 1.807) is 12.1 Å². The van der Waals surface area contributed by atoms with E-state index in [9.17, 15) is 13.6 Å². The number of rotatable bonds is 4. The third-order valence-electron chi connectivity index (χ3n) is 4.50. The summed E-state index contributed by atoms with van der Waals surface area (Å²) in [5.41, 5.74) is 2.30. The van der Waals surface area contributed by atoms with Crippen molar-refractivity contribution < 1.29 is 23.2 Å². The molecule has 0 fully saturated rings. The Bertz CT molecular complexity index is 814. The van der Waals surface area contributed by atoms with E-state index in [-0.39, 0.29) is 0 Å². The Hall–Kier alpha value is -1.90. The van der Waals surface area contributed by atoms with Crippen molar-refractivity contribution >= 4 is 33.8 Å². The lowest BCUT2D eigenvalue weighted by atomic mass is 9.96. The van der Waals surface area contributed by atoms with Gasteiger partial charge >= 0.3 is 0 Å². The molecule has 24 heavy (non-hydrogen) atoms. The molecule has 0 saturated carbocycles. The Morgan fingerprint density at radius 2 is 2.04 bits per heavy atom. The Balaban J connectivity index is 2.09. The van der Waals surface area contributed by atoms with E-state index in [1.807, 2.05) is 6.07 Å². The van der Waals surface area contributed by atoms with Gasteiger partial charge < -0.3 is 4.42 Å². The molecule has 7 nitrogen and oxygen atoms in total. The number of amides is 1. The van der Waals surface area contributed by atoms with Crippen molar-refractivity contribution in [3.63, 3.8) is 0 Å². The molecule has 1 aliphatic carbocycles. The highest BCUT2D eigenvalue weighted by atomic mass is 32.2. The third kappa shape index (κ3) is 2.70. The first-order chi connectivity index (χ1) is 11.4. The number of hydroxylamine groups is 1. The summed E-state index contributed by atoms with van der Waals surface area (Å²) >= 11 is -2.46. The molecule has 1 aromatic heterocycles. The van der Waals surface area contributed by atoms with E-state index in [2.05, 4.69) is 0 Å². The van der Waals surface area contributed by atoms with Gasteiger partial charge in [0.25, 0.3) is 17.2 Å². The third-order valence-corrected chi connectivity index (χ3v) is 5.48. The maximum Gasteiger partial charge on any atom is 0.269 e. The number of carbonyl (C=O) groups is 1. The molecule has 0 bridgehead atoms. The SMILES string of the molecule is CC(C)(C(=O)NO)N(c1ccc2c3c(oc2c1)CCCC3)S(=O)O. The standard InChI is InChI=1S/C16H20N2O5S/c1-16(2,15(19)17-20)18(24(21)22)10-7-8-12-11-5-3-4-6-13(11)23-14(12)9-10/h7-9,20H,3-6H2,1-2H3,(H,17,19)(H,21,22). The quantitative estimate of drug-likeness (QED) is 0.446. The summed E-state index contributed by atoms with van der Waals surface area (Å²) in [6.07, 6.45) is 4.08. The van der Waals surface area contributed by atoms with Crippen LogP contribution in [-0.4, -0.2) is 25.4 Å². The van der Waals surface area contributed by atoms with Gasteiger partial charge in [0.15, 0.2) is 0 Å². The number of hydrogen-bond donors (Lipinski definition) is 3. The maximum absolute atomic E-state index is 11.9. The smallest absolute Gasteiger partial charge is 0.269 e. The summed E-state index contributed by atoms with van der Waals surface area (Å²) in [5, 5.41) is 9.91. The van der Waals surface area contributed by atoms with Crippen LogP contribution in [0.15, 0.2) is 22.6 Å². The highest BCUT2D eigenvalue weighted by Gasteiger charge is 2.38. The van der Waals surface area contributed by atoms with Gasteiger partial charge in [0.1, 0.15) is 16.9 Å². The Labute approximate surface area is 142 Å². The minimum absolute atomic E-state index is 0.364. The van der Waals surface area contributed by atoms with E-state index in [0.717, 1.165) is 41.1 Å². The number of aryl methyl sites for hydroxylation is 2. The van der Waals surface area contributed by atoms with E-state index in [1.165, 1.54) is 24.9 Å². The van der Waals surface area contributed by atoms with Crippen molar-refractivity contribution in [2.75, 3.05) is 4.31 Å². The number of nitrogens with zero attached hydrogens (tertiary/aromatic N) is 1. The molecule has 0 saturated heterocycles. The summed E-state index contributed by atoms with van der Waals surface area (Å²) in [4.78, 5) is 11.9. The molecule has 2 aromatic rings. The minimum Gasteiger partial charge on any atom is -0.461 e. The molecule has 1 aromatic carbocycles. The van der Waals surface area contributed by atoms with E-state index < -0.39 is 22.7 Å². The minimum atomic E-state index is -2.46. The number of anilines is 1. The fourth-order valence-electron chi connectivity index (χ4n) is 3.22. The van der Waals surface area contributed by atoms with Gasteiger partial charge in [0.2, 0.25) is 0 Å². The van der Waals surface area contributed by atoms with Crippen LogP contribution in [0.25, 0.3) is 11.0 Å². The molecule has 130 valence electrons. The normalized spacial score (nSPS) is 15.8. The van der Waals surface area contributed by atoms with Crippen LogP contribution in [0, 0.1) is 0 Å². The van der Waals surface area contributed by atoms with Crippen molar-refractivity contribution in [1.82, 2.24) is 5.48 Å². The largest absolute Gasteiger partial charge is 0.461 e. The molecule has 1 unspecified atom stereocenters. The highest BCUT2D eigenvalue weighted by molar-refractivity contribution is 7.80. The first-order valence-electron chi connectivity index (χ1n) is 7.76. The van der Waals surface area contributed by atoms with Gasteiger partial charge in [-0.25, -0.2) is 9.69 Å². The lowest BCUT2D eigenvalue weighted by Crippen LogP contribution is -2.55. The fraction of sp³-hybridized carbons (Fsp3) is 0.438. The van der Waals surface area contributed by atoms with Gasteiger partial charge in [0, 0.05) is 23.4 Å². The number of hydrogen-bond acceptors (Lipinski definition) is 4. The van der Waals surface area contributed by atoms with E-state index in [4.69, 9.17) is 9.62 Å². The fourth-order valence-corrected chi connectivity index (χ4v) is 3.98. The van der Waals surface area contributed by atoms with Gasteiger partial charge in [-0.15, -0.1) is 0 Å². The zero-order valence-corrected chi connectivity index (χ0v) is 14.4. The predicted octanol–water partition coefficient (Wildman–Crippen LogP) is 2.54. The molecule has 3 N–H and O–H groups in total. The Morgan fingerprint density at radius 3 is 2.71 bits per heavy atom. The average Bonchev–Trinajstić information content (AvgIpc) is 2.91. The van der Waals surface area contributed by atoms with Crippen LogP contribution in [0.4, 0.5) is 5.69 Å². The van der Waals surface area contributed by atoms with Gasteiger partial charge in [-0.1, -0.05) is 0 Å². The van der Waals surface area contributed by atoms with Crippen LogP contribution in [0.2, 0.25) is 0 Å². The summed E-state index contributed by atoms with van der Waals surface area (Å²) in [5.74, 6) is 0.182. The van der Waals surface area contributed by atoms with Crippen molar-refractivity contribution in [2.45, 2.75) is 45.1 Å². The summed E-state index contributed by atoms with van der Waals surface area (Å²) in [6.45, 7) is 2.90. The van der Waals surface area contributed by atoms with Crippen LogP contribution in [0.1, 0.15) is 38.0 Å². The molecule has 1 aliphatic rings. The molecular weight excluding hydrogens is 332 g/mol. The second kappa shape index (κ2) is 6.19. The Morgan fingerprint density at radius 1 is 1.33 bits per heavy atom. The number of nitrogens with one attached hydrogen (secondary N) is 1. The van der Waals surface area contributed by atoms with Crippen molar-refractivity contribution in [2.24, 2.45) is 0 Å². The Kier molecular flexibility index (Phi) is 4.37. The number of carbonyl (C=O) groups excluding carboxylic acids is 1.